The second kappa shape index (κ2) is 8.57. The highest BCUT2D eigenvalue weighted by Crippen LogP contribution is 2.24. The molecule has 0 bridgehead atoms. The quantitative estimate of drug-likeness (QED) is 0.672. The van der Waals surface area contributed by atoms with Gasteiger partial charge in [0, 0.05) is 19.6 Å². The Bertz CT molecular complexity index is 404. The average Bonchev–Trinajstić information content (AvgIpc) is 2.36. The first kappa shape index (κ1) is 19.0. The molecule has 0 aliphatic rings. The van der Waals surface area contributed by atoms with Crippen molar-refractivity contribution in [3.05, 3.63) is 29.8 Å². The fourth-order valence-corrected chi connectivity index (χ4v) is 2.63. The predicted octanol–water partition coefficient (Wildman–Crippen LogP) is 4.98. The third-order valence-electron chi connectivity index (χ3n) is 3.64. The van der Waals surface area contributed by atoms with Gasteiger partial charge in [0.05, 0.1) is 0 Å². The molecule has 0 saturated heterocycles. The molecule has 0 amide bonds. The Kier molecular flexibility index (Phi) is 7.41. The first-order chi connectivity index (χ1) is 10.2. The number of hydrogen-bond donors (Lipinski definition) is 0. The van der Waals surface area contributed by atoms with E-state index in [1.54, 1.807) is 0 Å². The van der Waals surface area contributed by atoms with Crippen molar-refractivity contribution in [3.63, 3.8) is 0 Å². The Morgan fingerprint density at radius 1 is 0.909 bits per heavy atom. The Morgan fingerprint density at radius 3 is 1.82 bits per heavy atom. The first-order valence-corrected chi connectivity index (χ1v) is 8.64. The lowest BCUT2D eigenvalue weighted by molar-refractivity contribution is 0.177. The van der Waals surface area contributed by atoms with Crippen LogP contribution in [0.1, 0.15) is 54.0 Å². The SMILES string of the molecule is CC(C)CN(CCOc1ccc(C(C)(C)C)cc1)CC(C)C. The second-order valence-electron chi connectivity index (χ2n) is 8.17. The van der Waals surface area contributed by atoms with Gasteiger partial charge in [0.15, 0.2) is 0 Å². The van der Waals surface area contributed by atoms with Gasteiger partial charge in [-0.1, -0.05) is 60.6 Å². The van der Waals surface area contributed by atoms with Crippen molar-refractivity contribution in [2.75, 3.05) is 26.2 Å². The zero-order valence-corrected chi connectivity index (χ0v) is 15.6. The van der Waals surface area contributed by atoms with Gasteiger partial charge in [-0.05, 0) is 34.9 Å². The fraction of sp³-hybridized carbons (Fsp3) is 0.700. The van der Waals surface area contributed by atoms with Crippen molar-refractivity contribution in [3.8, 4) is 5.75 Å². The van der Waals surface area contributed by atoms with E-state index in [1.165, 1.54) is 5.56 Å². The summed E-state index contributed by atoms with van der Waals surface area (Å²) in [4.78, 5) is 2.51. The van der Waals surface area contributed by atoms with Crippen LogP contribution in [-0.4, -0.2) is 31.1 Å². The lowest BCUT2D eigenvalue weighted by atomic mass is 9.87. The smallest absolute Gasteiger partial charge is 0.119 e. The molecule has 1 aromatic rings. The Balaban J connectivity index is 2.47. The molecular weight excluding hydrogens is 270 g/mol. The van der Waals surface area contributed by atoms with E-state index in [0.29, 0.717) is 11.8 Å². The molecule has 2 heteroatoms. The van der Waals surface area contributed by atoms with E-state index in [-0.39, 0.29) is 5.41 Å². The van der Waals surface area contributed by atoms with Crippen molar-refractivity contribution >= 4 is 0 Å². The van der Waals surface area contributed by atoms with Gasteiger partial charge in [-0.25, -0.2) is 0 Å². The standard InChI is InChI=1S/C20H35NO/c1-16(2)14-21(15-17(3)4)12-13-22-19-10-8-18(9-11-19)20(5,6)7/h8-11,16-17H,12-15H2,1-7H3. The molecule has 0 heterocycles. The van der Waals surface area contributed by atoms with Crippen LogP contribution < -0.4 is 4.74 Å². The van der Waals surface area contributed by atoms with Gasteiger partial charge in [0.25, 0.3) is 0 Å². The molecule has 0 saturated carbocycles. The monoisotopic (exact) mass is 305 g/mol. The van der Waals surface area contributed by atoms with Crippen molar-refractivity contribution in [1.29, 1.82) is 0 Å². The summed E-state index contributed by atoms with van der Waals surface area (Å²) in [6.45, 7) is 19.9. The average molecular weight is 306 g/mol. The summed E-state index contributed by atoms with van der Waals surface area (Å²) in [6, 6.07) is 8.54. The summed E-state index contributed by atoms with van der Waals surface area (Å²) in [5, 5.41) is 0. The van der Waals surface area contributed by atoms with E-state index in [1.807, 2.05) is 0 Å². The molecule has 0 aliphatic heterocycles. The van der Waals surface area contributed by atoms with Gasteiger partial charge < -0.3 is 4.74 Å². The molecule has 2 nitrogen and oxygen atoms in total. The van der Waals surface area contributed by atoms with Crippen LogP contribution in [0.4, 0.5) is 0 Å². The van der Waals surface area contributed by atoms with Gasteiger partial charge >= 0.3 is 0 Å². The fourth-order valence-electron chi connectivity index (χ4n) is 2.63. The molecule has 0 aliphatic carbocycles. The largest absolute Gasteiger partial charge is 0.492 e. The number of rotatable bonds is 8. The number of ether oxygens (including phenoxy) is 1. The highest BCUT2D eigenvalue weighted by Gasteiger charge is 2.13. The minimum absolute atomic E-state index is 0.198. The minimum atomic E-state index is 0.198. The Labute approximate surface area is 137 Å². The van der Waals surface area contributed by atoms with E-state index in [2.05, 4.69) is 77.6 Å². The van der Waals surface area contributed by atoms with Crippen molar-refractivity contribution in [2.24, 2.45) is 11.8 Å². The van der Waals surface area contributed by atoms with E-state index in [9.17, 15) is 0 Å². The van der Waals surface area contributed by atoms with Gasteiger partial charge in [-0.3, -0.25) is 4.90 Å². The van der Waals surface area contributed by atoms with Crippen LogP contribution in [0, 0.1) is 11.8 Å². The number of benzene rings is 1. The first-order valence-electron chi connectivity index (χ1n) is 8.64. The summed E-state index contributed by atoms with van der Waals surface area (Å²) in [6.07, 6.45) is 0. The van der Waals surface area contributed by atoms with Gasteiger partial charge in [-0.15, -0.1) is 0 Å². The van der Waals surface area contributed by atoms with E-state index < -0.39 is 0 Å². The maximum absolute atomic E-state index is 5.93. The van der Waals surface area contributed by atoms with Crippen LogP contribution in [-0.2, 0) is 5.41 Å². The summed E-state index contributed by atoms with van der Waals surface area (Å²) < 4.78 is 5.93. The van der Waals surface area contributed by atoms with Crippen LogP contribution in [0.3, 0.4) is 0 Å². The molecule has 1 aromatic carbocycles. The van der Waals surface area contributed by atoms with E-state index >= 15 is 0 Å². The van der Waals surface area contributed by atoms with Crippen molar-refractivity contribution < 1.29 is 4.74 Å². The second-order valence-corrected chi connectivity index (χ2v) is 8.17. The molecular formula is C20H35NO. The van der Waals surface area contributed by atoms with E-state index in [4.69, 9.17) is 4.74 Å². The molecule has 22 heavy (non-hydrogen) atoms. The molecule has 1 rings (SSSR count). The molecule has 0 atom stereocenters. The van der Waals surface area contributed by atoms with Crippen molar-refractivity contribution in [1.82, 2.24) is 4.90 Å². The third-order valence-corrected chi connectivity index (χ3v) is 3.64. The summed E-state index contributed by atoms with van der Waals surface area (Å²) in [5.41, 5.74) is 1.55. The van der Waals surface area contributed by atoms with Gasteiger partial charge in [-0.2, -0.15) is 0 Å². The summed E-state index contributed by atoms with van der Waals surface area (Å²) in [7, 11) is 0. The van der Waals surface area contributed by atoms with E-state index in [0.717, 1.165) is 32.0 Å². The summed E-state index contributed by atoms with van der Waals surface area (Å²) >= 11 is 0. The predicted molar refractivity (Wildman–Crippen MR) is 96.8 cm³/mol. The third kappa shape index (κ3) is 7.31. The lowest BCUT2D eigenvalue weighted by Crippen LogP contribution is -2.34. The van der Waals surface area contributed by atoms with Gasteiger partial charge in [0.1, 0.15) is 12.4 Å². The van der Waals surface area contributed by atoms with Crippen LogP contribution in [0.15, 0.2) is 24.3 Å². The number of hydrogen-bond acceptors (Lipinski definition) is 2. The Morgan fingerprint density at radius 2 is 1.41 bits per heavy atom. The van der Waals surface area contributed by atoms with Crippen LogP contribution in [0.25, 0.3) is 0 Å². The molecule has 0 fully saturated rings. The topological polar surface area (TPSA) is 12.5 Å². The molecule has 0 spiro atoms. The molecule has 0 unspecified atom stereocenters. The number of nitrogens with zero attached hydrogens (tertiary/aromatic N) is 1. The van der Waals surface area contributed by atoms with Crippen LogP contribution >= 0.6 is 0 Å². The molecule has 0 N–H and O–H groups in total. The normalized spacial score (nSPS) is 12.5. The highest BCUT2D eigenvalue weighted by molar-refractivity contribution is 5.31. The maximum Gasteiger partial charge on any atom is 0.119 e. The molecule has 126 valence electrons. The molecule has 0 radical (unpaired) electrons. The van der Waals surface area contributed by atoms with Crippen LogP contribution in [0.2, 0.25) is 0 Å². The maximum atomic E-state index is 5.93. The van der Waals surface area contributed by atoms with Gasteiger partial charge in [0.2, 0.25) is 0 Å². The van der Waals surface area contributed by atoms with Crippen LogP contribution in [0.5, 0.6) is 5.75 Å². The van der Waals surface area contributed by atoms with Crippen molar-refractivity contribution in [2.45, 2.75) is 53.9 Å². The zero-order valence-electron chi connectivity index (χ0n) is 15.6. The Hall–Kier alpha value is -1.02. The highest BCUT2D eigenvalue weighted by atomic mass is 16.5. The minimum Gasteiger partial charge on any atom is -0.492 e. The molecule has 0 aromatic heterocycles. The lowest BCUT2D eigenvalue weighted by Gasteiger charge is -2.26. The summed E-state index contributed by atoms with van der Waals surface area (Å²) in [5.74, 6) is 2.37. The zero-order chi connectivity index (χ0) is 16.8.